The van der Waals surface area contributed by atoms with Crippen LogP contribution in [-0.2, 0) is 40.2 Å². The maximum absolute atomic E-state index is 14.6. The van der Waals surface area contributed by atoms with Crippen molar-refractivity contribution in [1.29, 1.82) is 0 Å². The molecule has 6 N–H and O–H groups in total. The number of benzene rings is 4. The summed E-state index contributed by atoms with van der Waals surface area (Å²) < 4.78 is 153. The second-order valence-electron chi connectivity index (χ2n) is 12.1. The zero-order chi connectivity index (χ0) is 45.2. The molecule has 5 rings (SSSR count). The Balaban J connectivity index is 1.66. The summed E-state index contributed by atoms with van der Waals surface area (Å²) in [6, 6.07) is 7.33. The number of azo groups is 2. The number of hydrogen-bond donors (Lipinski definition) is 6. The first-order valence-corrected chi connectivity index (χ1v) is 22.3. The molecule has 0 spiro atoms. The highest BCUT2D eigenvalue weighted by molar-refractivity contribution is 7.94. The minimum absolute atomic E-state index is 0.0142. The molecule has 61 heavy (non-hydrogen) atoms. The second kappa shape index (κ2) is 17.2. The summed E-state index contributed by atoms with van der Waals surface area (Å²) in [5.41, 5.74) is -2.67. The van der Waals surface area contributed by atoms with E-state index in [0.717, 1.165) is 41.3 Å². The van der Waals surface area contributed by atoms with E-state index in [1.165, 1.54) is 27.3 Å². The van der Waals surface area contributed by atoms with Crippen LogP contribution in [0.15, 0.2) is 95.7 Å². The van der Waals surface area contributed by atoms with Crippen LogP contribution in [0.25, 0.3) is 10.8 Å². The van der Waals surface area contributed by atoms with E-state index in [1.54, 1.807) is 0 Å². The topological polar surface area (TPSA) is 360 Å². The highest BCUT2D eigenvalue weighted by Crippen LogP contribution is 2.47. The minimum atomic E-state index is -5.46. The maximum Gasteiger partial charge on any atom is 0.315 e. The summed E-state index contributed by atoms with van der Waals surface area (Å²) in [6.07, 6.45) is -1.41. The number of ether oxygens (including phenoxy) is 2. The number of aromatic hydroxyl groups is 2. The monoisotopic (exact) mass is 927 g/mol. The smallest absolute Gasteiger partial charge is 0.315 e. The lowest BCUT2D eigenvalue weighted by atomic mass is 10.1. The van der Waals surface area contributed by atoms with Crippen molar-refractivity contribution in [3.63, 3.8) is 0 Å². The van der Waals surface area contributed by atoms with Crippen molar-refractivity contribution in [2.24, 2.45) is 20.5 Å². The van der Waals surface area contributed by atoms with Gasteiger partial charge in [-0.3, -0.25) is 13.7 Å². The zero-order valence-electron chi connectivity index (χ0n) is 31.2. The molecule has 0 amide bonds. The van der Waals surface area contributed by atoms with Crippen LogP contribution in [0.2, 0.25) is 0 Å². The predicted octanol–water partition coefficient (Wildman–Crippen LogP) is 4.90. The number of nitrogens with one attached hydrogen (secondary N) is 1. The third-order valence-corrected chi connectivity index (χ3v) is 12.1. The van der Waals surface area contributed by atoms with Gasteiger partial charge in [0.05, 0.1) is 30.6 Å². The summed E-state index contributed by atoms with van der Waals surface area (Å²) in [6.45, 7) is 2.94. The summed E-state index contributed by atoms with van der Waals surface area (Å²) in [4.78, 5) is 8.94. The van der Waals surface area contributed by atoms with Gasteiger partial charge < -0.3 is 29.9 Å². The van der Waals surface area contributed by atoms with Crippen molar-refractivity contribution in [3.8, 4) is 23.0 Å². The van der Waals surface area contributed by atoms with Crippen LogP contribution >= 0.6 is 0 Å². The molecule has 0 aliphatic heterocycles. The Kier molecular flexibility index (Phi) is 12.9. The van der Waals surface area contributed by atoms with Gasteiger partial charge in [-0.25, -0.2) is 8.42 Å². The number of phenolic OH excluding ortho intramolecular Hbond substituents is 2. The Labute approximate surface area is 345 Å². The van der Waals surface area contributed by atoms with E-state index in [9.17, 15) is 61.9 Å². The number of fused-ring (bicyclic) bond motifs is 1. The standard InChI is InChI=1S/C32H30FN9O15S4/c1-5-58(45,46)11-10-42(2)32-36-30(33)35-31(37-32)34-19-8-7-17-18(29(19)61(53,54)55)13-26(60(50,51)52)27(28(17)44)41-39-21-15-25(57-4)24(56-3)14-20(21)38-40-22-12-16(59(47,48)49)6-9-23(22)43/h5-9,12-15,43-44H,1,10-11H2,2-4H3,(H,47,48,49)(H,50,51,52)(H,53,54,55)(H,34,35,36,37). The van der Waals surface area contributed by atoms with E-state index in [1.807, 2.05) is 0 Å². The quantitative estimate of drug-likeness (QED) is 0.0566. The predicted molar refractivity (Wildman–Crippen MR) is 211 cm³/mol. The number of methoxy groups -OCH3 is 2. The van der Waals surface area contributed by atoms with Crippen LogP contribution in [0.4, 0.5) is 44.7 Å². The van der Waals surface area contributed by atoms with Crippen LogP contribution in [0, 0.1) is 6.08 Å². The van der Waals surface area contributed by atoms with Gasteiger partial charge in [-0.2, -0.15) is 44.6 Å². The molecule has 1 aromatic heterocycles. The first-order valence-electron chi connectivity index (χ1n) is 16.3. The fourth-order valence-corrected chi connectivity index (χ4v) is 7.86. The number of rotatable bonds is 16. The normalized spacial score (nSPS) is 12.6. The van der Waals surface area contributed by atoms with Crippen molar-refractivity contribution in [3.05, 3.63) is 66.6 Å². The number of nitrogens with zero attached hydrogens (tertiary/aromatic N) is 8. The molecule has 0 radical (unpaired) electrons. The summed E-state index contributed by atoms with van der Waals surface area (Å²) in [7, 11) is -15.5. The van der Waals surface area contributed by atoms with E-state index >= 15 is 0 Å². The van der Waals surface area contributed by atoms with Crippen molar-refractivity contribution < 1.29 is 71.4 Å². The average molecular weight is 928 g/mol. The third kappa shape index (κ3) is 10.5. The number of sulfone groups is 1. The molecule has 4 aromatic carbocycles. The van der Waals surface area contributed by atoms with E-state index in [2.05, 4.69) is 47.3 Å². The average Bonchev–Trinajstić information content (AvgIpc) is 3.17. The molecular weight excluding hydrogens is 898 g/mol. The van der Waals surface area contributed by atoms with Gasteiger partial charge in [-0.15, -0.1) is 20.5 Å². The lowest BCUT2D eigenvalue weighted by molar-refractivity contribution is 0.355. The van der Waals surface area contributed by atoms with Gasteiger partial charge in [0.15, 0.2) is 27.1 Å². The molecule has 0 atom stereocenters. The molecule has 0 saturated carbocycles. The number of hydrogen-bond acceptors (Lipinski definition) is 21. The molecule has 0 saturated heterocycles. The highest BCUT2D eigenvalue weighted by Gasteiger charge is 2.29. The maximum atomic E-state index is 14.6. The fraction of sp³-hybridized carbons (Fsp3) is 0.156. The number of anilines is 3. The third-order valence-electron chi connectivity index (χ3n) is 8.12. The summed E-state index contributed by atoms with van der Waals surface area (Å²) in [5, 5.41) is 38.9. The van der Waals surface area contributed by atoms with Gasteiger partial charge in [0, 0.05) is 41.9 Å². The Bertz CT molecular complexity index is 3120. The van der Waals surface area contributed by atoms with Crippen molar-refractivity contribution in [2.75, 3.05) is 43.8 Å². The van der Waals surface area contributed by atoms with Crippen LogP contribution in [-0.4, -0.2) is 106 Å². The Morgan fingerprint density at radius 1 is 0.770 bits per heavy atom. The largest absolute Gasteiger partial charge is 0.506 e. The van der Waals surface area contributed by atoms with Crippen molar-refractivity contribution >= 4 is 91.3 Å². The molecule has 0 aliphatic rings. The minimum Gasteiger partial charge on any atom is -0.506 e. The van der Waals surface area contributed by atoms with Crippen LogP contribution < -0.4 is 19.7 Å². The molecule has 0 fully saturated rings. The molecule has 29 heteroatoms. The molecule has 0 bridgehead atoms. The van der Waals surface area contributed by atoms with Gasteiger partial charge in [0.25, 0.3) is 30.4 Å². The molecule has 24 nitrogen and oxygen atoms in total. The SMILES string of the molecule is C=CS(=O)(=O)CCN(C)c1nc(F)nc(Nc2ccc3c(O)c(N=Nc4cc(OC)c(OC)cc4N=Nc4cc(S(=O)(=O)O)ccc4O)c(S(=O)(=O)O)cc3c2S(=O)(=O)O)n1. The van der Waals surface area contributed by atoms with Crippen molar-refractivity contribution in [1.82, 2.24) is 15.0 Å². The van der Waals surface area contributed by atoms with Crippen LogP contribution in [0.1, 0.15) is 0 Å². The van der Waals surface area contributed by atoms with Crippen LogP contribution in [0.3, 0.4) is 0 Å². The molecule has 0 aliphatic carbocycles. The van der Waals surface area contributed by atoms with E-state index in [-0.39, 0.29) is 29.4 Å². The van der Waals surface area contributed by atoms with E-state index < -0.39 is 118 Å². The summed E-state index contributed by atoms with van der Waals surface area (Å²) in [5.74, 6) is -3.26. The lowest BCUT2D eigenvalue weighted by Gasteiger charge is -2.18. The molecule has 0 unspecified atom stereocenters. The van der Waals surface area contributed by atoms with E-state index in [4.69, 9.17) is 9.47 Å². The van der Waals surface area contributed by atoms with Gasteiger partial charge in [0.1, 0.15) is 38.3 Å². The lowest BCUT2D eigenvalue weighted by Crippen LogP contribution is -2.27. The number of aromatic nitrogens is 3. The van der Waals surface area contributed by atoms with E-state index in [0.29, 0.717) is 11.5 Å². The molecule has 324 valence electrons. The number of halogens is 1. The van der Waals surface area contributed by atoms with Crippen molar-refractivity contribution in [2.45, 2.75) is 14.7 Å². The van der Waals surface area contributed by atoms with Gasteiger partial charge in [-0.05, 0) is 36.4 Å². The second-order valence-corrected chi connectivity index (χ2v) is 18.3. The van der Waals surface area contributed by atoms with Crippen LogP contribution in [0.5, 0.6) is 23.0 Å². The summed E-state index contributed by atoms with van der Waals surface area (Å²) >= 11 is 0. The highest BCUT2D eigenvalue weighted by atomic mass is 32.2. The molecular formula is C32H30FN9O15S4. The Hall–Kier alpha value is -6.50. The zero-order valence-corrected chi connectivity index (χ0v) is 34.5. The van der Waals surface area contributed by atoms with Gasteiger partial charge in [0.2, 0.25) is 11.9 Å². The fourth-order valence-electron chi connectivity index (χ4n) is 5.17. The Morgan fingerprint density at radius 3 is 1.93 bits per heavy atom. The Morgan fingerprint density at radius 2 is 1.38 bits per heavy atom. The van der Waals surface area contributed by atoms with Gasteiger partial charge >= 0.3 is 6.08 Å². The first-order chi connectivity index (χ1) is 28.4. The molecule has 5 aromatic rings. The number of phenols is 2. The molecule has 1 heterocycles. The van der Waals surface area contributed by atoms with Gasteiger partial charge in [-0.1, -0.05) is 6.58 Å². The first kappa shape index (κ1) is 45.6.